The summed E-state index contributed by atoms with van der Waals surface area (Å²) in [6, 6.07) is 5.90. The van der Waals surface area contributed by atoms with Crippen molar-refractivity contribution in [1.82, 2.24) is 5.32 Å². The van der Waals surface area contributed by atoms with Crippen molar-refractivity contribution < 1.29 is 39.6 Å². The fourth-order valence-electron chi connectivity index (χ4n) is 2.35. The largest absolute Gasteiger partial charge is 0.416 e. The van der Waals surface area contributed by atoms with Crippen LogP contribution < -0.4 is 10.5 Å². The zero-order chi connectivity index (χ0) is 22.0. The van der Waals surface area contributed by atoms with Crippen molar-refractivity contribution in [2.45, 2.75) is 23.7 Å². The number of alkyl halides is 6. The van der Waals surface area contributed by atoms with Gasteiger partial charge >= 0.3 is 12.4 Å². The number of carbonyl (C=O) groups is 1. The molecule has 1 amide bonds. The lowest BCUT2D eigenvalue weighted by molar-refractivity contribution is -0.143. The zero-order valence-electron chi connectivity index (χ0n) is 14.4. The van der Waals surface area contributed by atoms with Crippen LogP contribution in [0.25, 0.3) is 0 Å². The van der Waals surface area contributed by atoms with Gasteiger partial charge in [-0.2, -0.15) is 26.3 Å². The van der Waals surface area contributed by atoms with E-state index >= 15 is 0 Å². The molecule has 0 unspecified atom stereocenters. The number of hydrogen-bond donors (Lipinski definition) is 2. The van der Waals surface area contributed by atoms with Crippen molar-refractivity contribution in [2.75, 3.05) is 6.54 Å². The van der Waals surface area contributed by atoms with Crippen molar-refractivity contribution in [3.63, 3.8) is 0 Å². The highest BCUT2D eigenvalue weighted by Crippen LogP contribution is 2.36. The average Bonchev–Trinajstić information content (AvgIpc) is 2.59. The zero-order valence-corrected chi connectivity index (χ0v) is 15.3. The molecule has 0 aliphatic rings. The van der Waals surface area contributed by atoms with E-state index < -0.39 is 45.0 Å². The summed E-state index contributed by atoms with van der Waals surface area (Å²) in [5.41, 5.74) is -3.39. The van der Waals surface area contributed by atoms with Crippen LogP contribution in [0, 0.1) is 0 Å². The Morgan fingerprint density at radius 2 is 1.38 bits per heavy atom. The van der Waals surface area contributed by atoms with Crippen LogP contribution >= 0.6 is 0 Å². The van der Waals surface area contributed by atoms with Gasteiger partial charge in [0.05, 0.1) is 16.0 Å². The summed E-state index contributed by atoms with van der Waals surface area (Å²) >= 11 is 0. The Kier molecular flexibility index (Phi) is 6.28. The molecule has 2 aromatic carbocycles. The Hall–Kier alpha value is -2.60. The van der Waals surface area contributed by atoms with Crippen molar-refractivity contribution in [2.24, 2.45) is 5.14 Å². The maximum Gasteiger partial charge on any atom is 0.416 e. The normalized spacial score (nSPS) is 12.7. The van der Waals surface area contributed by atoms with Gasteiger partial charge in [-0.25, -0.2) is 13.6 Å². The van der Waals surface area contributed by atoms with Gasteiger partial charge in [0.25, 0.3) is 5.91 Å². The number of amides is 1. The third kappa shape index (κ3) is 6.19. The first kappa shape index (κ1) is 22.7. The first-order valence-corrected chi connectivity index (χ1v) is 9.42. The number of primary sulfonamides is 1. The standard InChI is InChI=1S/C17H14F6N2O3S/c18-16(19,20)12-7-11(8-13(9-12)17(21,22)23)15(26)25-6-5-10-1-3-14(4-2-10)29(24,27)28/h1-4,7-9H,5-6H2,(H,25,26)(H2,24,27,28). The van der Waals surface area contributed by atoms with Crippen LogP contribution in [0.15, 0.2) is 47.4 Å². The predicted octanol–water partition coefficient (Wildman–Crippen LogP) is 3.34. The number of nitrogens with one attached hydrogen (secondary N) is 1. The molecule has 0 heterocycles. The number of sulfonamides is 1. The van der Waals surface area contributed by atoms with Crippen molar-refractivity contribution in [3.8, 4) is 0 Å². The van der Waals surface area contributed by atoms with E-state index in [0.717, 1.165) is 0 Å². The molecule has 2 aromatic rings. The Morgan fingerprint density at radius 3 is 1.79 bits per heavy atom. The molecule has 0 saturated carbocycles. The highest BCUT2D eigenvalue weighted by molar-refractivity contribution is 7.89. The van der Waals surface area contributed by atoms with Crippen LogP contribution in [0.1, 0.15) is 27.0 Å². The maximum absolute atomic E-state index is 12.8. The van der Waals surface area contributed by atoms with Gasteiger partial charge in [-0.3, -0.25) is 4.79 Å². The van der Waals surface area contributed by atoms with Crippen LogP contribution in [0.4, 0.5) is 26.3 Å². The summed E-state index contributed by atoms with van der Waals surface area (Å²) in [5.74, 6) is -1.11. The van der Waals surface area contributed by atoms with Gasteiger partial charge in [-0.1, -0.05) is 12.1 Å². The van der Waals surface area contributed by atoms with Gasteiger partial charge in [-0.15, -0.1) is 0 Å². The predicted molar refractivity (Wildman–Crippen MR) is 90.3 cm³/mol. The van der Waals surface area contributed by atoms with Crippen LogP contribution in [-0.2, 0) is 28.8 Å². The molecule has 0 aliphatic carbocycles. The molecule has 0 atom stereocenters. The van der Waals surface area contributed by atoms with Crippen LogP contribution in [-0.4, -0.2) is 20.9 Å². The monoisotopic (exact) mass is 440 g/mol. The Balaban J connectivity index is 2.12. The average molecular weight is 440 g/mol. The van der Waals surface area contributed by atoms with Gasteiger partial charge in [0.2, 0.25) is 10.0 Å². The molecule has 0 aromatic heterocycles. The second-order valence-corrected chi connectivity index (χ2v) is 7.55. The summed E-state index contributed by atoms with van der Waals surface area (Å²) in [6.07, 6.45) is -9.95. The SMILES string of the molecule is NS(=O)(=O)c1ccc(CCNC(=O)c2cc(C(F)(F)F)cc(C(F)(F)F)c2)cc1. The molecule has 0 bridgehead atoms. The number of carbonyl (C=O) groups excluding carboxylic acids is 1. The van der Waals surface area contributed by atoms with E-state index in [1.54, 1.807) is 0 Å². The minimum absolute atomic E-state index is 0.0656. The van der Waals surface area contributed by atoms with E-state index in [4.69, 9.17) is 5.14 Å². The molecule has 12 heteroatoms. The van der Waals surface area contributed by atoms with Crippen molar-refractivity contribution in [3.05, 3.63) is 64.7 Å². The second-order valence-electron chi connectivity index (χ2n) is 5.99. The summed E-state index contributed by atoms with van der Waals surface area (Å²) in [5, 5.41) is 7.18. The number of hydrogen-bond acceptors (Lipinski definition) is 3. The molecular formula is C17H14F6N2O3S. The number of halogens is 6. The minimum Gasteiger partial charge on any atom is -0.352 e. The van der Waals surface area contributed by atoms with Gasteiger partial charge in [-0.05, 0) is 42.3 Å². The third-order valence-electron chi connectivity index (χ3n) is 3.80. The molecule has 5 nitrogen and oxygen atoms in total. The molecule has 0 saturated heterocycles. The lowest BCUT2D eigenvalue weighted by atomic mass is 10.0. The summed E-state index contributed by atoms with van der Waals surface area (Å²) in [4.78, 5) is 11.9. The van der Waals surface area contributed by atoms with Gasteiger partial charge in [0.1, 0.15) is 0 Å². The molecule has 2 rings (SSSR count). The quantitative estimate of drug-likeness (QED) is 0.699. The third-order valence-corrected chi connectivity index (χ3v) is 4.73. The van der Waals surface area contributed by atoms with Gasteiger partial charge in [0, 0.05) is 12.1 Å². The fourth-order valence-corrected chi connectivity index (χ4v) is 2.87. The van der Waals surface area contributed by atoms with Gasteiger partial charge < -0.3 is 5.32 Å². The second kappa shape index (κ2) is 8.03. The van der Waals surface area contributed by atoms with E-state index in [1.165, 1.54) is 24.3 Å². The summed E-state index contributed by atoms with van der Waals surface area (Å²) < 4.78 is 99.4. The molecule has 0 radical (unpaired) electrons. The number of benzene rings is 2. The lowest BCUT2D eigenvalue weighted by Crippen LogP contribution is -2.26. The highest BCUT2D eigenvalue weighted by Gasteiger charge is 2.37. The van der Waals surface area contributed by atoms with Crippen LogP contribution in [0.5, 0.6) is 0 Å². The van der Waals surface area contributed by atoms with E-state index in [-0.39, 0.29) is 23.9 Å². The van der Waals surface area contributed by atoms with Crippen LogP contribution in [0.2, 0.25) is 0 Å². The molecule has 0 spiro atoms. The van der Waals surface area contributed by atoms with Crippen molar-refractivity contribution >= 4 is 15.9 Å². The maximum atomic E-state index is 12.8. The first-order valence-electron chi connectivity index (χ1n) is 7.87. The Bertz CT molecular complexity index is 967. The molecule has 3 N–H and O–H groups in total. The minimum atomic E-state index is -5.05. The summed E-state index contributed by atoms with van der Waals surface area (Å²) in [7, 11) is -3.88. The van der Waals surface area contributed by atoms with Crippen LogP contribution in [0.3, 0.4) is 0 Å². The Morgan fingerprint density at radius 1 is 0.897 bits per heavy atom. The summed E-state index contributed by atoms with van der Waals surface area (Å²) in [6.45, 7) is -0.106. The van der Waals surface area contributed by atoms with E-state index in [1.807, 2.05) is 0 Å². The van der Waals surface area contributed by atoms with E-state index in [0.29, 0.717) is 17.7 Å². The Labute approximate surface area is 161 Å². The number of rotatable bonds is 5. The molecular weight excluding hydrogens is 426 g/mol. The molecule has 0 aliphatic heterocycles. The first-order chi connectivity index (χ1) is 13.2. The lowest BCUT2D eigenvalue weighted by Gasteiger charge is -2.14. The number of nitrogens with two attached hydrogens (primary N) is 1. The topological polar surface area (TPSA) is 89.3 Å². The highest BCUT2D eigenvalue weighted by atomic mass is 32.2. The van der Waals surface area contributed by atoms with E-state index in [9.17, 15) is 39.6 Å². The van der Waals surface area contributed by atoms with E-state index in [2.05, 4.69) is 5.32 Å². The smallest absolute Gasteiger partial charge is 0.352 e. The molecule has 29 heavy (non-hydrogen) atoms. The van der Waals surface area contributed by atoms with Crippen molar-refractivity contribution in [1.29, 1.82) is 0 Å². The van der Waals surface area contributed by atoms with Gasteiger partial charge in [0.15, 0.2) is 0 Å². The molecule has 0 fully saturated rings. The molecule has 158 valence electrons. The fraction of sp³-hybridized carbons (Fsp3) is 0.235.